The molecule has 0 radical (unpaired) electrons. The number of carboxylic acid groups (broad SMARTS) is 1. The van der Waals surface area contributed by atoms with Gasteiger partial charge in [-0.1, -0.05) is 6.92 Å². The summed E-state index contributed by atoms with van der Waals surface area (Å²) in [6.07, 6.45) is 0.205. The maximum atomic E-state index is 12.0. The number of rotatable bonds is 6. The fraction of sp³-hybridized carbons (Fsp3) is 0.385. The topological polar surface area (TPSA) is 87.7 Å². The van der Waals surface area contributed by atoms with Crippen molar-refractivity contribution in [2.75, 3.05) is 5.32 Å². The number of aliphatic carboxylic acids is 1. The van der Waals surface area contributed by atoms with Crippen molar-refractivity contribution in [1.82, 2.24) is 5.32 Å². The molecule has 116 valence electrons. The summed E-state index contributed by atoms with van der Waals surface area (Å²) in [4.78, 5) is 22.8. The van der Waals surface area contributed by atoms with E-state index in [4.69, 9.17) is 5.11 Å². The lowest BCUT2D eigenvalue weighted by Crippen LogP contribution is -2.53. The fourth-order valence-corrected chi connectivity index (χ4v) is 1.43. The molecule has 0 spiro atoms. The van der Waals surface area contributed by atoms with Crippen molar-refractivity contribution in [2.45, 2.75) is 32.4 Å². The van der Waals surface area contributed by atoms with Gasteiger partial charge in [-0.05, 0) is 37.6 Å². The summed E-state index contributed by atoms with van der Waals surface area (Å²) in [6, 6.07) is 4.54. The molecule has 1 aromatic rings. The number of carbonyl (C=O) groups is 2. The lowest BCUT2D eigenvalue weighted by molar-refractivity contribution is -0.143. The highest BCUT2D eigenvalue weighted by atomic mass is 19.3. The number of ether oxygens (including phenoxy) is 1. The summed E-state index contributed by atoms with van der Waals surface area (Å²) in [6.45, 7) is 0.0900. The van der Waals surface area contributed by atoms with Gasteiger partial charge in [0.15, 0.2) is 0 Å². The van der Waals surface area contributed by atoms with Gasteiger partial charge in [-0.25, -0.2) is 9.59 Å². The van der Waals surface area contributed by atoms with Crippen molar-refractivity contribution in [3.05, 3.63) is 24.3 Å². The van der Waals surface area contributed by atoms with E-state index in [2.05, 4.69) is 15.4 Å². The van der Waals surface area contributed by atoms with E-state index in [-0.39, 0.29) is 12.2 Å². The van der Waals surface area contributed by atoms with Crippen LogP contribution < -0.4 is 15.4 Å². The Kier molecular flexibility index (Phi) is 5.45. The van der Waals surface area contributed by atoms with Crippen LogP contribution in [0.25, 0.3) is 0 Å². The van der Waals surface area contributed by atoms with E-state index in [1.807, 2.05) is 0 Å². The zero-order chi connectivity index (χ0) is 16.0. The van der Waals surface area contributed by atoms with Crippen LogP contribution >= 0.6 is 0 Å². The minimum Gasteiger partial charge on any atom is -0.480 e. The van der Waals surface area contributed by atoms with Gasteiger partial charge in [0.2, 0.25) is 0 Å². The Balaban J connectivity index is 2.65. The van der Waals surface area contributed by atoms with Crippen LogP contribution in [0.3, 0.4) is 0 Å². The first-order valence-corrected chi connectivity index (χ1v) is 6.14. The van der Waals surface area contributed by atoms with Crippen LogP contribution in [0.15, 0.2) is 24.3 Å². The molecule has 0 aliphatic heterocycles. The molecule has 0 fully saturated rings. The van der Waals surface area contributed by atoms with Crippen LogP contribution in [0.1, 0.15) is 20.3 Å². The average Bonchev–Trinajstić information content (AvgIpc) is 2.40. The van der Waals surface area contributed by atoms with Crippen LogP contribution in [-0.2, 0) is 4.79 Å². The standard InChI is InChI=1S/C13H16F2N2O4/c1-3-13(2,10(18)19)17-12(20)16-8-4-6-9(7-5-8)21-11(14)15/h4-7,11H,3H2,1-2H3,(H,18,19)(H2,16,17,20)/t13-/m0/s1. The van der Waals surface area contributed by atoms with Crippen molar-refractivity contribution in [3.63, 3.8) is 0 Å². The van der Waals surface area contributed by atoms with Crippen LogP contribution in [0.2, 0.25) is 0 Å². The molecule has 2 amide bonds. The second-order valence-corrected chi connectivity index (χ2v) is 4.47. The first-order chi connectivity index (χ1) is 9.76. The minimum absolute atomic E-state index is 0.0418. The van der Waals surface area contributed by atoms with Crippen molar-refractivity contribution in [1.29, 1.82) is 0 Å². The number of hydrogen-bond acceptors (Lipinski definition) is 3. The van der Waals surface area contributed by atoms with E-state index in [0.29, 0.717) is 5.69 Å². The molecule has 0 heterocycles. The molecule has 6 nitrogen and oxygen atoms in total. The van der Waals surface area contributed by atoms with Gasteiger partial charge in [-0.15, -0.1) is 0 Å². The maximum Gasteiger partial charge on any atom is 0.387 e. The Bertz CT molecular complexity index is 507. The molecule has 0 aliphatic carbocycles. The first kappa shape index (κ1) is 16.7. The predicted octanol–water partition coefficient (Wildman–Crippen LogP) is 2.66. The zero-order valence-corrected chi connectivity index (χ0v) is 11.5. The molecule has 0 saturated carbocycles. The molecule has 3 N–H and O–H groups in total. The summed E-state index contributed by atoms with van der Waals surface area (Å²) in [5.74, 6) is -1.19. The molecule has 1 atom stereocenters. The van der Waals surface area contributed by atoms with Gasteiger partial charge >= 0.3 is 18.6 Å². The van der Waals surface area contributed by atoms with Crippen LogP contribution in [-0.4, -0.2) is 29.3 Å². The highest BCUT2D eigenvalue weighted by Gasteiger charge is 2.32. The average molecular weight is 302 g/mol. The molecule has 8 heteroatoms. The molecule has 1 rings (SSSR count). The molecular weight excluding hydrogens is 286 g/mol. The van der Waals surface area contributed by atoms with Gasteiger partial charge in [0, 0.05) is 5.69 Å². The van der Waals surface area contributed by atoms with Crippen LogP contribution in [0, 0.1) is 0 Å². The van der Waals surface area contributed by atoms with E-state index in [1.165, 1.54) is 31.2 Å². The highest BCUT2D eigenvalue weighted by molar-refractivity contribution is 5.93. The van der Waals surface area contributed by atoms with Gasteiger partial charge < -0.3 is 20.5 Å². The molecule has 0 unspecified atom stereocenters. The number of benzene rings is 1. The molecule has 1 aromatic carbocycles. The van der Waals surface area contributed by atoms with Crippen LogP contribution in [0.5, 0.6) is 5.75 Å². The first-order valence-electron chi connectivity index (χ1n) is 6.14. The second-order valence-electron chi connectivity index (χ2n) is 4.47. The lowest BCUT2D eigenvalue weighted by Gasteiger charge is -2.24. The normalized spacial score (nSPS) is 13.4. The number of anilines is 1. The summed E-state index contributed by atoms with van der Waals surface area (Å²) in [7, 11) is 0. The number of urea groups is 1. The van der Waals surface area contributed by atoms with Crippen molar-refractivity contribution >= 4 is 17.7 Å². The maximum absolute atomic E-state index is 12.0. The largest absolute Gasteiger partial charge is 0.480 e. The van der Waals surface area contributed by atoms with E-state index >= 15 is 0 Å². The Morgan fingerprint density at radius 2 is 1.90 bits per heavy atom. The van der Waals surface area contributed by atoms with E-state index < -0.39 is 24.2 Å². The Labute approximate surface area is 120 Å². The van der Waals surface area contributed by atoms with Gasteiger partial charge in [0.1, 0.15) is 11.3 Å². The molecule has 0 bridgehead atoms. The van der Waals surface area contributed by atoms with E-state index in [0.717, 1.165) is 0 Å². The number of carboxylic acids is 1. The molecule has 0 aliphatic rings. The summed E-state index contributed by atoms with van der Waals surface area (Å²) in [5, 5.41) is 13.8. The molecule has 0 aromatic heterocycles. The number of nitrogens with one attached hydrogen (secondary N) is 2. The minimum atomic E-state index is -2.92. The lowest BCUT2D eigenvalue weighted by atomic mass is 10.00. The smallest absolute Gasteiger partial charge is 0.387 e. The van der Waals surface area contributed by atoms with Gasteiger partial charge in [-0.3, -0.25) is 0 Å². The number of carbonyl (C=O) groups excluding carboxylic acids is 1. The summed E-state index contributed by atoms with van der Waals surface area (Å²) in [5.41, 5.74) is -1.07. The third kappa shape index (κ3) is 4.90. The van der Waals surface area contributed by atoms with Crippen LogP contribution in [0.4, 0.5) is 19.3 Å². The number of amides is 2. The highest BCUT2D eigenvalue weighted by Crippen LogP contribution is 2.18. The SMILES string of the molecule is CC[C@](C)(NC(=O)Nc1ccc(OC(F)F)cc1)C(=O)O. The van der Waals surface area contributed by atoms with E-state index in [1.54, 1.807) is 6.92 Å². The summed E-state index contributed by atoms with van der Waals surface area (Å²) >= 11 is 0. The third-order valence-corrected chi connectivity index (χ3v) is 2.91. The second kappa shape index (κ2) is 6.87. The number of hydrogen-bond donors (Lipinski definition) is 3. The zero-order valence-electron chi connectivity index (χ0n) is 11.5. The van der Waals surface area contributed by atoms with E-state index in [9.17, 15) is 18.4 Å². The quantitative estimate of drug-likeness (QED) is 0.754. The van der Waals surface area contributed by atoms with Gasteiger partial charge in [-0.2, -0.15) is 8.78 Å². The Morgan fingerprint density at radius 1 is 1.33 bits per heavy atom. The molecule has 0 saturated heterocycles. The Morgan fingerprint density at radius 3 is 2.33 bits per heavy atom. The number of halogens is 2. The third-order valence-electron chi connectivity index (χ3n) is 2.91. The number of alkyl halides is 2. The monoisotopic (exact) mass is 302 g/mol. The van der Waals surface area contributed by atoms with Gasteiger partial charge in [0.25, 0.3) is 0 Å². The summed E-state index contributed by atoms with van der Waals surface area (Å²) < 4.78 is 28.1. The predicted molar refractivity (Wildman–Crippen MR) is 71.6 cm³/mol. The van der Waals surface area contributed by atoms with Gasteiger partial charge in [0.05, 0.1) is 0 Å². The Hall–Kier alpha value is -2.38. The van der Waals surface area contributed by atoms with Crippen molar-refractivity contribution in [3.8, 4) is 5.75 Å². The molecule has 21 heavy (non-hydrogen) atoms. The fourth-order valence-electron chi connectivity index (χ4n) is 1.43. The molecular formula is C13H16F2N2O4. The van der Waals surface area contributed by atoms with Crippen molar-refractivity contribution in [2.24, 2.45) is 0 Å². The van der Waals surface area contributed by atoms with Crippen molar-refractivity contribution < 1.29 is 28.2 Å².